The molecule has 7 nitrogen and oxygen atoms in total. The predicted molar refractivity (Wildman–Crippen MR) is 124 cm³/mol. The number of morpholine rings is 1. The van der Waals surface area contributed by atoms with E-state index in [2.05, 4.69) is 36.0 Å². The van der Waals surface area contributed by atoms with Gasteiger partial charge in [-0.2, -0.15) is 5.10 Å². The van der Waals surface area contributed by atoms with Gasteiger partial charge < -0.3 is 19.7 Å². The molecule has 2 aliphatic rings. The number of fused-ring (bicyclic) bond motifs is 1. The minimum atomic E-state index is 0.0611. The van der Waals surface area contributed by atoms with Crippen LogP contribution in [0.25, 0.3) is 0 Å². The van der Waals surface area contributed by atoms with Crippen LogP contribution >= 0.6 is 0 Å². The van der Waals surface area contributed by atoms with Gasteiger partial charge in [0.15, 0.2) is 5.69 Å². The molecule has 1 aromatic carbocycles. The molecular weight excluding hydrogens is 404 g/mol. The van der Waals surface area contributed by atoms with Gasteiger partial charge in [-0.25, -0.2) is 0 Å². The average molecular weight is 441 g/mol. The summed E-state index contributed by atoms with van der Waals surface area (Å²) in [5.41, 5.74) is 4.35. The molecule has 1 saturated heterocycles. The first-order valence-electron chi connectivity index (χ1n) is 11.9. The number of hydrogen-bond acceptors (Lipinski definition) is 5. The third-order valence-electron chi connectivity index (χ3n) is 6.39. The topological polar surface area (TPSA) is 68.6 Å². The highest BCUT2D eigenvalue weighted by atomic mass is 16.5. The molecule has 1 amide bonds. The third kappa shape index (κ3) is 5.33. The second kappa shape index (κ2) is 10.5. The van der Waals surface area contributed by atoms with Crippen LogP contribution in [-0.4, -0.2) is 66.6 Å². The Bertz CT molecular complexity index is 901. The van der Waals surface area contributed by atoms with Gasteiger partial charge >= 0.3 is 0 Å². The highest BCUT2D eigenvalue weighted by Crippen LogP contribution is 2.27. The molecule has 32 heavy (non-hydrogen) atoms. The van der Waals surface area contributed by atoms with Crippen LogP contribution in [0.15, 0.2) is 24.3 Å². The number of carbonyl (C=O) groups is 1. The summed E-state index contributed by atoms with van der Waals surface area (Å²) in [7, 11) is 1.69. The van der Waals surface area contributed by atoms with Crippen molar-refractivity contribution < 1.29 is 14.3 Å². The van der Waals surface area contributed by atoms with Gasteiger partial charge in [0.05, 0.1) is 20.3 Å². The number of aromatic nitrogens is 2. The molecule has 1 aliphatic heterocycles. The third-order valence-corrected chi connectivity index (χ3v) is 6.39. The quantitative estimate of drug-likeness (QED) is 0.684. The summed E-state index contributed by atoms with van der Waals surface area (Å²) in [6, 6.07) is 8.63. The number of rotatable bonds is 8. The highest BCUT2D eigenvalue weighted by Gasteiger charge is 2.31. The summed E-state index contributed by atoms with van der Waals surface area (Å²) < 4.78 is 12.8. The number of nitrogens with zero attached hydrogens (tertiary/aromatic N) is 3. The van der Waals surface area contributed by atoms with Crippen LogP contribution in [0.1, 0.15) is 47.6 Å². The molecule has 7 heteroatoms. The van der Waals surface area contributed by atoms with Gasteiger partial charge in [-0.3, -0.25) is 9.48 Å². The summed E-state index contributed by atoms with van der Waals surface area (Å²) in [6.45, 7) is 8.68. The Morgan fingerprint density at radius 3 is 2.69 bits per heavy atom. The van der Waals surface area contributed by atoms with Crippen LogP contribution in [0.3, 0.4) is 0 Å². The predicted octanol–water partition coefficient (Wildman–Crippen LogP) is 2.71. The molecule has 1 fully saturated rings. The molecule has 1 N–H and O–H groups in total. The first-order chi connectivity index (χ1) is 15.5. The lowest BCUT2D eigenvalue weighted by Crippen LogP contribution is -2.42. The van der Waals surface area contributed by atoms with Crippen LogP contribution in [0.5, 0.6) is 5.75 Å². The number of ether oxygens (including phenoxy) is 2. The van der Waals surface area contributed by atoms with Crippen molar-refractivity contribution in [3.05, 3.63) is 46.8 Å². The van der Waals surface area contributed by atoms with Crippen molar-refractivity contribution in [2.45, 2.75) is 52.1 Å². The van der Waals surface area contributed by atoms with Crippen molar-refractivity contribution in [1.29, 1.82) is 0 Å². The molecule has 1 aromatic heterocycles. The van der Waals surface area contributed by atoms with Crippen LogP contribution in [-0.2, 0) is 30.5 Å². The Morgan fingerprint density at radius 2 is 2.00 bits per heavy atom. The monoisotopic (exact) mass is 440 g/mol. The van der Waals surface area contributed by atoms with E-state index in [9.17, 15) is 4.79 Å². The van der Waals surface area contributed by atoms with Gasteiger partial charge in [0.25, 0.3) is 5.91 Å². The van der Waals surface area contributed by atoms with E-state index < -0.39 is 0 Å². The van der Waals surface area contributed by atoms with Crippen molar-refractivity contribution in [2.75, 3.05) is 40.0 Å². The molecule has 174 valence electrons. The maximum Gasteiger partial charge on any atom is 0.274 e. The minimum Gasteiger partial charge on any atom is -0.497 e. The lowest BCUT2D eigenvalue weighted by atomic mass is 9.90. The number of carbonyl (C=O) groups excluding carboxylic acids is 1. The summed E-state index contributed by atoms with van der Waals surface area (Å²) in [5.74, 6) is 1.44. The Kier molecular flexibility index (Phi) is 7.48. The Balaban J connectivity index is 1.43. The van der Waals surface area contributed by atoms with Gasteiger partial charge in [0.1, 0.15) is 5.75 Å². The molecule has 2 aromatic rings. The van der Waals surface area contributed by atoms with E-state index >= 15 is 0 Å². The van der Waals surface area contributed by atoms with E-state index in [4.69, 9.17) is 14.6 Å². The van der Waals surface area contributed by atoms with Crippen LogP contribution in [0.4, 0.5) is 0 Å². The SMILES string of the molecule is COc1ccc(CCN[C@H]2CCc3c(c(C(=O)N4CCOCC4)nn3CC(C)C)C2)cc1. The van der Waals surface area contributed by atoms with Crippen LogP contribution in [0.2, 0.25) is 0 Å². The summed E-state index contributed by atoms with van der Waals surface area (Å²) >= 11 is 0. The maximum atomic E-state index is 13.3. The summed E-state index contributed by atoms with van der Waals surface area (Å²) in [5, 5.41) is 8.55. The number of benzene rings is 1. The van der Waals surface area contributed by atoms with Crippen molar-refractivity contribution in [3.63, 3.8) is 0 Å². The normalized spacial score (nSPS) is 18.6. The lowest BCUT2D eigenvalue weighted by molar-refractivity contribution is 0.0297. The van der Waals surface area contributed by atoms with Crippen LogP contribution < -0.4 is 10.1 Å². The number of hydrogen-bond donors (Lipinski definition) is 1. The van der Waals surface area contributed by atoms with Gasteiger partial charge in [-0.1, -0.05) is 26.0 Å². The fraction of sp³-hybridized carbons (Fsp3) is 0.600. The van der Waals surface area contributed by atoms with Crippen molar-refractivity contribution in [1.82, 2.24) is 20.0 Å². The lowest BCUT2D eigenvalue weighted by Gasteiger charge is -2.28. The zero-order valence-corrected chi connectivity index (χ0v) is 19.6. The molecule has 0 radical (unpaired) electrons. The molecule has 2 heterocycles. The summed E-state index contributed by atoms with van der Waals surface area (Å²) in [4.78, 5) is 15.2. The first-order valence-corrected chi connectivity index (χ1v) is 11.9. The molecular formula is C25H36N4O3. The van der Waals surface area contributed by atoms with E-state index in [1.807, 2.05) is 17.0 Å². The van der Waals surface area contributed by atoms with E-state index in [1.54, 1.807) is 7.11 Å². The van der Waals surface area contributed by atoms with Crippen LogP contribution in [0, 0.1) is 5.92 Å². The Morgan fingerprint density at radius 1 is 1.25 bits per heavy atom. The molecule has 0 bridgehead atoms. The molecule has 1 aliphatic carbocycles. The van der Waals surface area contributed by atoms with Gasteiger partial charge in [-0.05, 0) is 55.8 Å². The largest absolute Gasteiger partial charge is 0.497 e. The Hall–Kier alpha value is -2.38. The van der Waals surface area contributed by atoms with Crippen molar-refractivity contribution in [3.8, 4) is 5.75 Å². The Labute approximate surface area is 191 Å². The highest BCUT2D eigenvalue weighted by molar-refractivity contribution is 5.94. The fourth-order valence-corrected chi connectivity index (χ4v) is 4.66. The maximum absolute atomic E-state index is 13.3. The standard InChI is InChI=1S/C25H36N4O3/c1-18(2)17-29-23-9-6-20(26-11-10-19-4-7-21(31-3)8-5-19)16-22(23)24(27-29)25(30)28-12-14-32-15-13-28/h4-5,7-8,18,20,26H,6,9-17H2,1-3H3/t20-/m0/s1. The van der Waals surface area contributed by atoms with E-state index in [-0.39, 0.29) is 5.91 Å². The zero-order valence-electron chi connectivity index (χ0n) is 19.6. The molecule has 4 rings (SSSR count). The first kappa shape index (κ1) is 22.8. The van der Waals surface area contributed by atoms with Gasteiger partial charge in [0, 0.05) is 36.9 Å². The molecule has 0 saturated carbocycles. The van der Waals surface area contributed by atoms with Gasteiger partial charge in [0.2, 0.25) is 0 Å². The zero-order chi connectivity index (χ0) is 22.5. The average Bonchev–Trinajstić information content (AvgIpc) is 3.16. The van der Waals surface area contributed by atoms with Gasteiger partial charge in [-0.15, -0.1) is 0 Å². The van der Waals surface area contributed by atoms with Crippen molar-refractivity contribution in [2.24, 2.45) is 5.92 Å². The van der Waals surface area contributed by atoms with Crippen molar-refractivity contribution >= 4 is 5.91 Å². The molecule has 0 spiro atoms. The van der Waals surface area contributed by atoms with E-state index in [0.29, 0.717) is 44.0 Å². The molecule has 1 atom stereocenters. The van der Waals surface area contributed by atoms with E-state index in [1.165, 1.54) is 11.3 Å². The van der Waals surface area contributed by atoms with E-state index in [0.717, 1.165) is 50.1 Å². The summed E-state index contributed by atoms with van der Waals surface area (Å²) in [6.07, 6.45) is 3.87. The number of amides is 1. The number of nitrogens with one attached hydrogen (secondary N) is 1. The smallest absolute Gasteiger partial charge is 0.274 e. The molecule has 0 unspecified atom stereocenters. The number of methoxy groups -OCH3 is 1. The second-order valence-corrected chi connectivity index (χ2v) is 9.25. The second-order valence-electron chi connectivity index (χ2n) is 9.25. The fourth-order valence-electron chi connectivity index (χ4n) is 4.66. The minimum absolute atomic E-state index is 0.0611.